The van der Waals surface area contributed by atoms with Crippen molar-refractivity contribution in [3.8, 4) is 0 Å². The molecule has 6 amide bonds. The van der Waals surface area contributed by atoms with Crippen LogP contribution in [0.15, 0.2) is 0 Å². The molecular formula is C33H58N6O6S. The van der Waals surface area contributed by atoms with Gasteiger partial charge in [-0.2, -0.15) is 0 Å². The van der Waals surface area contributed by atoms with Crippen LogP contribution in [0.5, 0.6) is 0 Å². The highest BCUT2D eigenvalue weighted by Gasteiger charge is 2.70. The molecule has 0 aromatic carbocycles. The van der Waals surface area contributed by atoms with Gasteiger partial charge < -0.3 is 36.6 Å². The maximum atomic E-state index is 14.3. The van der Waals surface area contributed by atoms with Crippen LogP contribution in [0.4, 0.5) is 4.79 Å². The third-order valence-electron chi connectivity index (χ3n) is 9.77. The highest BCUT2D eigenvalue weighted by atomic mass is 32.1. The minimum absolute atomic E-state index is 0.00186. The van der Waals surface area contributed by atoms with Crippen molar-refractivity contribution in [2.45, 2.75) is 129 Å². The van der Waals surface area contributed by atoms with Gasteiger partial charge in [-0.1, -0.05) is 60.8 Å². The Morgan fingerprint density at radius 3 is 2.26 bits per heavy atom. The van der Waals surface area contributed by atoms with Gasteiger partial charge in [-0.15, -0.1) is 12.6 Å². The van der Waals surface area contributed by atoms with E-state index >= 15 is 0 Å². The van der Waals surface area contributed by atoms with E-state index in [2.05, 4.69) is 60.0 Å². The predicted octanol–water partition coefficient (Wildman–Crippen LogP) is 2.31. The lowest BCUT2D eigenvalue weighted by Crippen LogP contribution is -2.64. The van der Waals surface area contributed by atoms with E-state index in [1.54, 1.807) is 0 Å². The van der Waals surface area contributed by atoms with Gasteiger partial charge in [0.15, 0.2) is 0 Å². The average Bonchev–Trinajstić information content (AvgIpc) is 3.26. The first kappa shape index (κ1) is 37.9. The number of amides is 6. The third kappa shape index (κ3) is 8.87. The Bertz CT molecular complexity index is 1160. The number of carbonyl (C=O) groups is 5. The second-order valence-corrected chi connectivity index (χ2v) is 16.8. The van der Waals surface area contributed by atoms with Gasteiger partial charge in [0.1, 0.15) is 12.1 Å². The summed E-state index contributed by atoms with van der Waals surface area (Å²) in [7, 11) is 0. The maximum Gasteiger partial charge on any atom is 0.315 e. The van der Waals surface area contributed by atoms with E-state index in [1.165, 1.54) is 4.90 Å². The van der Waals surface area contributed by atoms with Crippen LogP contribution in [0.3, 0.4) is 0 Å². The maximum absolute atomic E-state index is 14.3. The number of fused-ring (bicyclic) bond motifs is 1. The number of carbonyl (C=O) groups excluding carboxylic acids is 5. The monoisotopic (exact) mass is 666 g/mol. The van der Waals surface area contributed by atoms with Crippen molar-refractivity contribution in [2.75, 3.05) is 19.6 Å². The summed E-state index contributed by atoms with van der Waals surface area (Å²) < 4.78 is 0. The molecule has 0 aromatic rings. The molecule has 0 spiro atoms. The second-order valence-electron chi connectivity index (χ2n) is 16.2. The number of hydrogen-bond acceptors (Lipinski definition) is 7. The number of likely N-dealkylation sites (tertiary alicyclic amines) is 1. The van der Waals surface area contributed by atoms with E-state index in [9.17, 15) is 29.1 Å². The Balaban J connectivity index is 1.87. The van der Waals surface area contributed by atoms with Gasteiger partial charge in [0.2, 0.25) is 22.7 Å². The van der Waals surface area contributed by atoms with Crippen molar-refractivity contribution in [2.24, 2.45) is 28.6 Å². The molecule has 0 radical (unpaired) electrons. The van der Waals surface area contributed by atoms with Gasteiger partial charge >= 0.3 is 6.03 Å². The summed E-state index contributed by atoms with van der Waals surface area (Å²) in [5.41, 5.74) is -1.40. The quantitative estimate of drug-likeness (QED) is 0.0905. The van der Waals surface area contributed by atoms with Gasteiger partial charge in [0.05, 0.1) is 6.04 Å². The molecule has 0 bridgehead atoms. The molecule has 7 atom stereocenters. The van der Waals surface area contributed by atoms with Crippen molar-refractivity contribution in [1.29, 1.82) is 0 Å². The molecule has 0 aromatic heterocycles. The van der Waals surface area contributed by atoms with Crippen LogP contribution in [-0.2, 0) is 19.2 Å². The number of unbranched alkanes of at least 4 members (excludes halogenated alkanes) is 3. The zero-order valence-corrected chi connectivity index (χ0v) is 30.1. The first-order valence-electron chi connectivity index (χ1n) is 16.8. The molecule has 1 saturated carbocycles. The first-order chi connectivity index (χ1) is 21.1. The van der Waals surface area contributed by atoms with Crippen molar-refractivity contribution in [3.63, 3.8) is 0 Å². The molecule has 13 heteroatoms. The number of hydrogen-bond donors (Lipinski definition) is 7. The van der Waals surface area contributed by atoms with Crippen LogP contribution in [0.2, 0.25) is 0 Å². The normalized spacial score (nSPS) is 26.2. The molecule has 262 valence electrons. The van der Waals surface area contributed by atoms with Crippen LogP contribution in [-0.4, -0.2) is 87.9 Å². The average molecular weight is 667 g/mol. The van der Waals surface area contributed by atoms with Crippen molar-refractivity contribution >= 4 is 42.3 Å². The summed E-state index contributed by atoms with van der Waals surface area (Å²) in [6.07, 6.45) is 4.22. The smallest absolute Gasteiger partial charge is 0.315 e. The standard InChI is InChI=1S/C33H58N6O6S/c1-10-11-12-13-15-35-28(43)33(45,46)21(17-19-14-16-34-25(19)40)36-26(41)23-22-20(32(22,8)9)18-39(23)27(42)24(30(2,3)4)37-29(44)38-31(5,6)7/h19-24,45-46H,10-18H2,1-9H3,(H,34,40)(H,35,43)(H,36,41)(H2,37,38,44)/t19-,20-,21-,22-,23-,24+,33-/m0/s1. The number of urea groups is 1. The molecular weight excluding hydrogens is 608 g/mol. The Morgan fingerprint density at radius 1 is 1.07 bits per heavy atom. The second kappa shape index (κ2) is 14.3. The van der Waals surface area contributed by atoms with E-state index in [4.69, 9.17) is 0 Å². The summed E-state index contributed by atoms with van der Waals surface area (Å²) in [4.78, 5) is 66.3. The molecule has 2 aliphatic heterocycles. The fraction of sp³-hybridized carbons (Fsp3) is 0.848. The van der Waals surface area contributed by atoms with E-state index in [-0.39, 0.29) is 35.5 Å². The Kier molecular flexibility index (Phi) is 11.8. The fourth-order valence-electron chi connectivity index (χ4n) is 6.91. The molecule has 3 aliphatic rings. The summed E-state index contributed by atoms with van der Waals surface area (Å²) in [5, 5.41) is 25.6. The van der Waals surface area contributed by atoms with E-state index in [0.29, 0.717) is 26.1 Å². The van der Waals surface area contributed by atoms with Gasteiger partial charge in [-0.3, -0.25) is 19.2 Å². The van der Waals surface area contributed by atoms with Gasteiger partial charge in [-0.25, -0.2) is 4.79 Å². The molecule has 3 rings (SSSR count). The highest BCUT2D eigenvalue weighted by molar-refractivity contribution is 7.82. The molecule has 2 heterocycles. The number of rotatable bonds is 13. The number of aliphatic hydroxyl groups is 1. The van der Waals surface area contributed by atoms with Crippen LogP contribution in [0.1, 0.15) is 101 Å². The van der Waals surface area contributed by atoms with Crippen LogP contribution < -0.4 is 26.6 Å². The van der Waals surface area contributed by atoms with Crippen molar-refractivity contribution < 1.29 is 29.1 Å². The molecule has 12 nitrogen and oxygen atoms in total. The fourth-order valence-corrected chi connectivity index (χ4v) is 7.16. The zero-order chi connectivity index (χ0) is 34.8. The van der Waals surface area contributed by atoms with Crippen molar-refractivity contribution in [3.05, 3.63) is 0 Å². The lowest BCUT2D eigenvalue weighted by Gasteiger charge is -2.39. The Hall–Kier alpha value is -2.54. The van der Waals surface area contributed by atoms with E-state index in [1.807, 2.05) is 41.5 Å². The number of thiol groups is 1. The Morgan fingerprint density at radius 2 is 1.72 bits per heavy atom. The number of nitrogens with one attached hydrogen (secondary N) is 5. The minimum Gasteiger partial charge on any atom is -0.369 e. The lowest BCUT2D eigenvalue weighted by molar-refractivity contribution is -0.145. The van der Waals surface area contributed by atoms with Crippen molar-refractivity contribution in [1.82, 2.24) is 31.5 Å². The summed E-state index contributed by atoms with van der Waals surface area (Å²) >= 11 is 4.37. The topological polar surface area (TPSA) is 169 Å². The Labute approximate surface area is 280 Å². The molecule has 1 aliphatic carbocycles. The van der Waals surface area contributed by atoms with Gasteiger partial charge in [0, 0.05) is 31.1 Å². The number of piperidine rings is 1. The molecule has 0 unspecified atom stereocenters. The minimum atomic E-state index is -2.31. The number of nitrogens with zero attached hydrogens (tertiary/aromatic N) is 1. The summed E-state index contributed by atoms with van der Waals surface area (Å²) in [5.74, 6) is -2.47. The SMILES string of the molecule is CCCCCCNC(=O)[C@@](O)(S)[C@H](C[C@@H]1CCNC1=O)NC(=O)[C@@H]1[C@@H]2[C@H](CN1C(=O)[C@@H](NC(=O)NC(C)(C)C)C(C)(C)C)C2(C)C. The first-order valence-corrected chi connectivity index (χ1v) is 17.3. The van der Waals surface area contributed by atoms with Crippen LogP contribution >= 0.6 is 12.6 Å². The van der Waals surface area contributed by atoms with E-state index in [0.717, 1.165) is 25.7 Å². The summed E-state index contributed by atoms with van der Waals surface area (Å²) in [6, 6.07) is -3.52. The largest absolute Gasteiger partial charge is 0.369 e. The van der Waals surface area contributed by atoms with E-state index < -0.39 is 57.8 Å². The molecule has 6 N–H and O–H groups in total. The lowest BCUT2D eigenvalue weighted by atomic mass is 9.85. The summed E-state index contributed by atoms with van der Waals surface area (Å²) in [6.45, 7) is 18.4. The molecule has 46 heavy (non-hydrogen) atoms. The van der Waals surface area contributed by atoms with Crippen LogP contribution in [0, 0.1) is 28.6 Å². The van der Waals surface area contributed by atoms with Crippen LogP contribution in [0.25, 0.3) is 0 Å². The van der Waals surface area contributed by atoms with Gasteiger partial charge in [-0.05, 0) is 62.7 Å². The van der Waals surface area contributed by atoms with Gasteiger partial charge in [0.25, 0.3) is 5.91 Å². The molecule has 2 saturated heterocycles. The third-order valence-corrected chi connectivity index (χ3v) is 10.3. The zero-order valence-electron chi connectivity index (χ0n) is 29.2. The predicted molar refractivity (Wildman–Crippen MR) is 180 cm³/mol. The molecule has 3 fully saturated rings. The highest BCUT2D eigenvalue weighted by Crippen LogP contribution is 2.65.